The lowest BCUT2D eigenvalue weighted by Crippen LogP contribution is -2.17. The maximum absolute atomic E-state index is 12.2. The Kier molecular flexibility index (Phi) is 5.84. The Bertz CT molecular complexity index is 1060. The maximum atomic E-state index is 12.2. The van der Waals surface area contributed by atoms with E-state index in [2.05, 4.69) is 31.0 Å². The number of hydrogen-bond donors (Lipinski definition) is 2. The SMILES string of the molecule is COc1ccc(C(=O)N/N=C\c2cc(C)n(-c3ccccc3Br)c2C)c(O)c1. The number of aromatic hydroxyl groups is 1. The van der Waals surface area contributed by atoms with Gasteiger partial charge >= 0.3 is 0 Å². The van der Waals surface area contributed by atoms with Crippen LogP contribution in [0.4, 0.5) is 0 Å². The number of halogens is 1. The van der Waals surface area contributed by atoms with Gasteiger partial charge in [-0.1, -0.05) is 12.1 Å². The molecule has 6 nitrogen and oxygen atoms in total. The van der Waals surface area contributed by atoms with Crippen molar-refractivity contribution in [2.45, 2.75) is 13.8 Å². The summed E-state index contributed by atoms with van der Waals surface area (Å²) < 4.78 is 8.12. The van der Waals surface area contributed by atoms with Gasteiger partial charge in [0.1, 0.15) is 11.5 Å². The van der Waals surface area contributed by atoms with Crippen LogP contribution in [0.25, 0.3) is 5.69 Å². The van der Waals surface area contributed by atoms with E-state index in [1.54, 1.807) is 12.3 Å². The standard InChI is InChI=1S/C21H20BrN3O3/c1-13-10-15(14(2)25(13)19-7-5-4-6-18(19)22)12-23-24-21(27)17-9-8-16(28-3)11-20(17)26/h4-12,26H,1-3H3,(H,24,27)/b23-12-. The number of hydrazone groups is 1. The molecule has 144 valence electrons. The van der Waals surface area contributed by atoms with Gasteiger partial charge < -0.3 is 14.4 Å². The normalized spacial score (nSPS) is 11.0. The van der Waals surface area contributed by atoms with Crippen LogP contribution >= 0.6 is 15.9 Å². The molecule has 0 saturated heterocycles. The molecule has 3 rings (SSSR count). The smallest absolute Gasteiger partial charge is 0.275 e. The van der Waals surface area contributed by atoms with Gasteiger partial charge in [-0.15, -0.1) is 0 Å². The number of ether oxygens (including phenoxy) is 1. The van der Waals surface area contributed by atoms with E-state index < -0.39 is 5.91 Å². The van der Waals surface area contributed by atoms with Gasteiger partial charge in [0.15, 0.2) is 0 Å². The Morgan fingerprint density at radius 3 is 2.64 bits per heavy atom. The largest absolute Gasteiger partial charge is 0.507 e. The third-order valence-corrected chi connectivity index (χ3v) is 5.05. The van der Waals surface area contributed by atoms with Crippen molar-refractivity contribution in [2.24, 2.45) is 5.10 Å². The van der Waals surface area contributed by atoms with E-state index >= 15 is 0 Å². The summed E-state index contributed by atoms with van der Waals surface area (Å²) in [5.41, 5.74) is 6.52. The van der Waals surface area contributed by atoms with Gasteiger partial charge in [-0.05, 0) is 60.1 Å². The second kappa shape index (κ2) is 8.31. The monoisotopic (exact) mass is 441 g/mol. The van der Waals surface area contributed by atoms with Crippen LogP contribution in [0.5, 0.6) is 11.5 Å². The van der Waals surface area contributed by atoms with Gasteiger partial charge in [0.05, 0.1) is 24.6 Å². The van der Waals surface area contributed by atoms with Crippen LogP contribution < -0.4 is 10.2 Å². The summed E-state index contributed by atoms with van der Waals surface area (Å²) in [6, 6.07) is 14.4. The summed E-state index contributed by atoms with van der Waals surface area (Å²) >= 11 is 3.58. The van der Waals surface area contributed by atoms with Crippen LogP contribution in [0.1, 0.15) is 27.3 Å². The zero-order valence-electron chi connectivity index (χ0n) is 15.7. The highest BCUT2D eigenvalue weighted by Crippen LogP contribution is 2.26. The van der Waals surface area contributed by atoms with E-state index in [4.69, 9.17) is 4.74 Å². The molecule has 3 aromatic rings. The number of methoxy groups -OCH3 is 1. The number of para-hydroxylation sites is 1. The Morgan fingerprint density at radius 2 is 1.96 bits per heavy atom. The third kappa shape index (κ3) is 3.94. The fourth-order valence-corrected chi connectivity index (χ4v) is 3.44. The van der Waals surface area contributed by atoms with E-state index in [9.17, 15) is 9.90 Å². The molecular formula is C21H20BrN3O3. The van der Waals surface area contributed by atoms with Crippen LogP contribution in [-0.4, -0.2) is 28.9 Å². The summed E-state index contributed by atoms with van der Waals surface area (Å²) in [7, 11) is 1.49. The number of aryl methyl sites for hydroxylation is 1. The summed E-state index contributed by atoms with van der Waals surface area (Å²) in [6.45, 7) is 4.00. The average Bonchev–Trinajstić information content (AvgIpc) is 2.95. The summed E-state index contributed by atoms with van der Waals surface area (Å²) in [5.74, 6) is -0.202. The maximum Gasteiger partial charge on any atom is 0.275 e. The molecule has 0 bridgehead atoms. The van der Waals surface area contributed by atoms with Crippen molar-refractivity contribution < 1.29 is 14.6 Å². The summed E-state index contributed by atoms with van der Waals surface area (Å²) in [5, 5.41) is 14.0. The first-order chi connectivity index (χ1) is 13.4. The number of rotatable bonds is 5. The molecule has 0 unspecified atom stereocenters. The zero-order chi connectivity index (χ0) is 20.3. The summed E-state index contributed by atoms with van der Waals surface area (Å²) in [4.78, 5) is 12.2. The highest BCUT2D eigenvalue weighted by molar-refractivity contribution is 9.10. The van der Waals surface area contributed by atoms with Gasteiger partial charge in [0.25, 0.3) is 5.91 Å². The van der Waals surface area contributed by atoms with Crippen molar-refractivity contribution in [2.75, 3.05) is 7.11 Å². The van der Waals surface area contributed by atoms with Gasteiger partial charge in [-0.2, -0.15) is 5.10 Å². The molecule has 0 aliphatic heterocycles. The Balaban J connectivity index is 1.79. The molecule has 2 N–H and O–H groups in total. The minimum Gasteiger partial charge on any atom is -0.507 e. The number of carbonyl (C=O) groups excluding carboxylic acids is 1. The van der Waals surface area contributed by atoms with Crippen molar-refractivity contribution in [1.29, 1.82) is 0 Å². The number of carbonyl (C=O) groups is 1. The van der Waals surface area contributed by atoms with E-state index in [-0.39, 0.29) is 11.3 Å². The number of aromatic nitrogens is 1. The number of nitrogens with zero attached hydrogens (tertiary/aromatic N) is 2. The molecule has 0 aliphatic carbocycles. The number of phenolic OH excluding ortho intramolecular Hbond substituents is 1. The molecule has 7 heteroatoms. The highest BCUT2D eigenvalue weighted by atomic mass is 79.9. The predicted octanol–water partition coefficient (Wildman–Crippen LogP) is 4.33. The van der Waals surface area contributed by atoms with E-state index in [1.807, 2.05) is 44.2 Å². The lowest BCUT2D eigenvalue weighted by atomic mass is 10.2. The minimum atomic E-state index is -0.504. The quantitative estimate of drug-likeness (QED) is 0.456. The second-order valence-electron chi connectivity index (χ2n) is 6.20. The fourth-order valence-electron chi connectivity index (χ4n) is 2.97. The average molecular weight is 442 g/mol. The Hall–Kier alpha value is -3.06. The lowest BCUT2D eigenvalue weighted by Gasteiger charge is -2.11. The Labute approximate surface area is 171 Å². The van der Waals surface area contributed by atoms with Crippen molar-refractivity contribution in [3.63, 3.8) is 0 Å². The molecular weight excluding hydrogens is 422 g/mol. The number of amides is 1. The molecule has 0 radical (unpaired) electrons. The second-order valence-corrected chi connectivity index (χ2v) is 7.05. The van der Waals surface area contributed by atoms with Gasteiger partial charge in [-0.3, -0.25) is 4.79 Å². The van der Waals surface area contributed by atoms with Crippen LogP contribution in [0.3, 0.4) is 0 Å². The number of benzene rings is 2. The van der Waals surface area contributed by atoms with Crippen molar-refractivity contribution in [3.05, 3.63) is 75.5 Å². The van der Waals surface area contributed by atoms with Gasteiger partial charge in [0.2, 0.25) is 0 Å². The Morgan fingerprint density at radius 1 is 1.21 bits per heavy atom. The molecule has 28 heavy (non-hydrogen) atoms. The molecule has 2 aromatic carbocycles. The van der Waals surface area contributed by atoms with Crippen LogP contribution in [-0.2, 0) is 0 Å². The summed E-state index contributed by atoms with van der Waals surface area (Å²) in [6.07, 6.45) is 1.59. The molecule has 1 amide bonds. The van der Waals surface area contributed by atoms with Crippen LogP contribution in [0, 0.1) is 13.8 Å². The van der Waals surface area contributed by atoms with Gasteiger partial charge in [-0.25, -0.2) is 5.43 Å². The van der Waals surface area contributed by atoms with E-state index in [0.717, 1.165) is 27.1 Å². The predicted molar refractivity (Wildman–Crippen MR) is 113 cm³/mol. The molecule has 1 aromatic heterocycles. The third-order valence-electron chi connectivity index (χ3n) is 4.38. The van der Waals surface area contributed by atoms with Gasteiger partial charge in [0, 0.05) is 27.5 Å². The van der Waals surface area contributed by atoms with E-state index in [0.29, 0.717) is 5.75 Å². The molecule has 0 saturated carbocycles. The minimum absolute atomic E-state index is 0.122. The highest BCUT2D eigenvalue weighted by Gasteiger charge is 2.13. The first kappa shape index (κ1) is 19.7. The molecule has 0 aliphatic rings. The fraction of sp³-hybridized carbons (Fsp3) is 0.143. The topological polar surface area (TPSA) is 75.8 Å². The molecule has 1 heterocycles. The van der Waals surface area contributed by atoms with Crippen LogP contribution in [0.15, 0.2) is 58.1 Å². The molecule has 0 atom stereocenters. The van der Waals surface area contributed by atoms with Crippen molar-refractivity contribution in [1.82, 2.24) is 9.99 Å². The molecule has 0 fully saturated rings. The molecule has 0 spiro atoms. The van der Waals surface area contributed by atoms with E-state index in [1.165, 1.54) is 19.2 Å². The number of phenols is 1. The van der Waals surface area contributed by atoms with Crippen molar-refractivity contribution >= 4 is 28.1 Å². The first-order valence-corrected chi connectivity index (χ1v) is 9.36. The zero-order valence-corrected chi connectivity index (χ0v) is 17.3. The van der Waals surface area contributed by atoms with Crippen LogP contribution in [0.2, 0.25) is 0 Å². The number of hydrogen-bond acceptors (Lipinski definition) is 4. The van der Waals surface area contributed by atoms with Crippen molar-refractivity contribution in [3.8, 4) is 17.2 Å². The number of nitrogens with one attached hydrogen (secondary N) is 1. The lowest BCUT2D eigenvalue weighted by molar-refractivity contribution is 0.0952. The first-order valence-electron chi connectivity index (χ1n) is 8.56.